The third-order valence-electron chi connectivity index (χ3n) is 2.19. The second-order valence-electron chi connectivity index (χ2n) is 3.25. The molecule has 0 saturated heterocycles. The molecule has 16 heavy (non-hydrogen) atoms. The molecular weight excluding hydrogens is 220 g/mol. The van der Waals surface area contributed by atoms with Gasteiger partial charge in [0, 0.05) is 17.3 Å². The lowest BCUT2D eigenvalue weighted by atomic mass is 10.3. The second kappa shape index (κ2) is 4.73. The Morgan fingerprint density at radius 3 is 2.94 bits per heavy atom. The van der Waals surface area contributed by atoms with E-state index < -0.39 is 0 Å². The van der Waals surface area contributed by atoms with Gasteiger partial charge in [-0.1, -0.05) is 0 Å². The van der Waals surface area contributed by atoms with Gasteiger partial charge in [0.1, 0.15) is 6.07 Å². The lowest BCUT2D eigenvalue weighted by molar-refractivity contribution is 1.08. The Balaban J connectivity index is 2.11. The Hall–Kier alpha value is -1.93. The van der Waals surface area contributed by atoms with Crippen molar-refractivity contribution in [1.29, 1.82) is 5.26 Å². The van der Waals surface area contributed by atoms with Crippen LogP contribution in [0.3, 0.4) is 0 Å². The number of hydrogen-bond acceptors (Lipinski definition) is 5. The van der Waals surface area contributed by atoms with Gasteiger partial charge in [-0.05, 0) is 23.9 Å². The van der Waals surface area contributed by atoms with Gasteiger partial charge in [-0.15, -0.1) is 11.3 Å². The number of rotatable bonds is 3. The van der Waals surface area contributed by atoms with Crippen LogP contribution in [0.2, 0.25) is 0 Å². The van der Waals surface area contributed by atoms with Crippen LogP contribution in [-0.2, 0) is 6.54 Å². The number of aromatic nitrogens is 2. The zero-order chi connectivity index (χ0) is 11.4. The smallest absolute Gasteiger partial charge is 0.182 e. The summed E-state index contributed by atoms with van der Waals surface area (Å²) >= 11 is 1.69. The molecular formula is C11H10N4S. The normalized spacial score (nSPS) is 9.75. The summed E-state index contributed by atoms with van der Waals surface area (Å²) in [7, 11) is 0. The van der Waals surface area contributed by atoms with E-state index in [4.69, 9.17) is 5.26 Å². The Labute approximate surface area is 97.6 Å². The number of nitrogens with zero attached hydrogens (tertiary/aromatic N) is 3. The fourth-order valence-electron chi connectivity index (χ4n) is 1.30. The second-order valence-corrected chi connectivity index (χ2v) is 4.25. The molecule has 0 radical (unpaired) electrons. The minimum absolute atomic E-state index is 0.330. The maximum atomic E-state index is 8.84. The Kier molecular flexibility index (Phi) is 3.13. The molecule has 2 aromatic rings. The number of aryl methyl sites for hydroxylation is 1. The van der Waals surface area contributed by atoms with Crippen molar-refractivity contribution in [3.63, 3.8) is 0 Å². The van der Waals surface area contributed by atoms with Crippen LogP contribution in [0.4, 0.5) is 5.82 Å². The molecule has 0 amide bonds. The van der Waals surface area contributed by atoms with Crippen LogP contribution in [0, 0.1) is 18.3 Å². The number of hydrogen-bond donors (Lipinski definition) is 1. The highest BCUT2D eigenvalue weighted by atomic mass is 32.1. The highest BCUT2D eigenvalue weighted by Crippen LogP contribution is 2.17. The Morgan fingerprint density at radius 2 is 2.25 bits per heavy atom. The predicted molar refractivity (Wildman–Crippen MR) is 63.1 cm³/mol. The van der Waals surface area contributed by atoms with Crippen molar-refractivity contribution in [2.75, 3.05) is 5.32 Å². The van der Waals surface area contributed by atoms with Crippen molar-refractivity contribution in [2.45, 2.75) is 13.5 Å². The van der Waals surface area contributed by atoms with Crippen LogP contribution in [-0.4, -0.2) is 9.97 Å². The first kappa shape index (κ1) is 10.6. The molecule has 0 fully saturated rings. The van der Waals surface area contributed by atoms with Gasteiger partial charge in [-0.25, -0.2) is 9.97 Å². The number of nitriles is 1. The van der Waals surface area contributed by atoms with Crippen molar-refractivity contribution < 1.29 is 0 Å². The predicted octanol–water partition coefficient (Wildman–Crippen LogP) is 2.33. The lowest BCUT2D eigenvalue weighted by Gasteiger charge is -2.05. The molecule has 0 bridgehead atoms. The monoisotopic (exact) mass is 230 g/mol. The van der Waals surface area contributed by atoms with E-state index in [9.17, 15) is 0 Å². The van der Waals surface area contributed by atoms with E-state index in [1.54, 1.807) is 17.5 Å². The van der Waals surface area contributed by atoms with Crippen LogP contribution in [0.15, 0.2) is 23.8 Å². The summed E-state index contributed by atoms with van der Waals surface area (Å²) in [5, 5.41) is 14.0. The quantitative estimate of drug-likeness (QED) is 0.879. The number of anilines is 1. The number of nitrogens with one attached hydrogen (secondary N) is 1. The van der Waals surface area contributed by atoms with Crippen LogP contribution in [0.1, 0.15) is 16.1 Å². The van der Waals surface area contributed by atoms with Gasteiger partial charge < -0.3 is 5.32 Å². The van der Waals surface area contributed by atoms with E-state index in [1.165, 1.54) is 16.6 Å². The third-order valence-corrected chi connectivity index (χ3v) is 3.21. The molecule has 0 aromatic carbocycles. The number of thiophene rings is 1. The van der Waals surface area contributed by atoms with Gasteiger partial charge in [0.2, 0.25) is 0 Å². The molecule has 0 aliphatic rings. The topological polar surface area (TPSA) is 61.6 Å². The zero-order valence-corrected chi connectivity index (χ0v) is 9.58. The van der Waals surface area contributed by atoms with Crippen LogP contribution >= 0.6 is 11.3 Å². The summed E-state index contributed by atoms with van der Waals surface area (Å²) in [6.07, 6.45) is 3.09. The molecule has 0 spiro atoms. The van der Waals surface area contributed by atoms with Gasteiger partial charge >= 0.3 is 0 Å². The summed E-state index contributed by atoms with van der Waals surface area (Å²) in [4.78, 5) is 9.27. The summed E-state index contributed by atoms with van der Waals surface area (Å²) < 4.78 is 0. The van der Waals surface area contributed by atoms with Crippen molar-refractivity contribution in [1.82, 2.24) is 9.97 Å². The SMILES string of the molecule is Cc1ccsc1CNc1nccnc1C#N. The minimum Gasteiger partial charge on any atom is -0.363 e. The van der Waals surface area contributed by atoms with E-state index in [2.05, 4.69) is 28.3 Å². The molecule has 2 heterocycles. The van der Waals surface area contributed by atoms with Crippen LogP contribution in [0.5, 0.6) is 0 Å². The van der Waals surface area contributed by atoms with E-state index >= 15 is 0 Å². The molecule has 0 aliphatic carbocycles. The summed E-state index contributed by atoms with van der Waals surface area (Å²) in [5.41, 5.74) is 1.58. The molecule has 5 heteroatoms. The van der Waals surface area contributed by atoms with Gasteiger partial charge in [-0.2, -0.15) is 5.26 Å². The highest BCUT2D eigenvalue weighted by molar-refractivity contribution is 7.10. The van der Waals surface area contributed by atoms with Crippen molar-refractivity contribution in [3.8, 4) is 6.07 Å². The average Bonchev–Trinajstić information content (AvgIpc) is 2.72. The molecule has 4 nitrogen and oxygen atoms in total. The summed E-state index contributed by atoms with van der Waals surface area (Å²) in [6.45, 7) is 2.74. The van der Waals surface area contributed by atoms with Gasteiger partial charge in [-0.3, -0.25) is 0 Å². The van der Waals surface area contributed by atoms with Gasteiger partial charge in [0.25, 0.3) is 0 Å². The lowest BCUT2D eigenvalue weighted by Crippen LogP contribution is -2.03. The fourth-order valence-corrected chi connectivity index (χ4v) is 2.14. The molecule has 1 N–H and O–H groups in total. The molecule has 80 valence electrons. The molecule has 0 saturated carbocycles. The molecule has 0 atom stereocenters. The van der Waals surface area contributed by atoms with Crippen LogP contribution < -0.4 is 5.32 Å². The molecule has 2 aromatic heterocycles. The van der Waals surface area contributed by atoms with Crippen molar-refractivity contribution >= 4 is 17.2 Å². The zero-order valence-electron chi connectivity index (χ0n) is 8.77. The molecule has 0 aliphatic heterocycles. The Morgan fingerprint density at radius 1 is 1.44 bits per heavy atom. The largest absolute Gasteiger partial charge is 0.363 e. The first-order valence-corrected chi connectivity index (χ1v) is 5.67. The average molecular weight is 230 g/mol. The van der Waals surface area contributed by atoms with E-state index in [0.717, 1.165) is 0 Å². The van der Waals surface area contributed by atoms with E-state index in [0.29, 0.717) is 18.1 Å². The highest BCUT2D eigenvalue weighted by Gasteiger charge is 2.04. The molecule has 0 unspecified atom stereocenters. The van der Waals surface area contributed by atoms with Crippen LogP contribution in [0.25, 0.3) is 0 Å². The first-order valence-electron chi connectivity index (χ1n) is 4.79. The third kappa shape index (κ3) is 2.18. The first-order chi connectivity index (χ1) is 7.81. The van der Waals surface area contributed by atoms with Crippen molar-refractivity contribution in [2.24, 2.45) is 0 Å². The summed E-state index contributed by atoms with van der Waals surface area (Å²) in [5.74, 6) is 0.540. The van der Waals surface area contributed by atoms with Gasteiger partial charge in [0.15, 0.2) is 11.5 Å². The van der Waals surface area contributed by atoms with E-state index in [-0.39, 0.29) is 0 Å². The maximum Gasteiger partial charge on any atom is 0.182 e. The summed E-state index contributed by atoms with van der Waals surface area (Å²) in [6, 6.07) is 4.08. The minimum atomic E-state index is 0.330. The van der Waals surface area contributed by atoms with Gasteiger partial charge in [0.05, 0.1) is 6.54 Å². The standard InChI is InChI=1S/C11H10N4S/c1-8-2-5-16-10(8)7-15-11-9(6-12)13-3-4-14-11/h2-5H,7H2,1H3,(H,14,15). The fraction of sp³-hybridized carbons (Fsp3) is 0.182. The molecule has 2 rings (SSSR count). The Bertz CT molecular complexity index is 527. The maximum absolute atomic E-state index is 8.84. The van der Waals surface area contributed by atoms with E-state index in [1.807, 2.05) is 11.4 Å². The van der Waals surface area contributed by atoms with Crippen molar-refractivity contribution in [3.05, 3.63) is 40.0 Å².